The summed E-state index contributed by atoms with van der Waals surface area (Å²) in [6.07, 6.45) is 0. The molecule has 1 nitrogen and oxygen atoms in total. The summed E-state index contributed by atoms with van der Waals surface area (Å²) in [5.41, 5.74) is 0.227. The Kier molecular flexibility index (Phi) is 2.73. The van der Waals surface area contributed by atoms with E-state index in [9.17, 15) is 5.11 Å². The first kappa shape index (κ1) is 11.2. The minimum atomic E-state index is -0.760. The van der Waals surface area contributed by atoms with Crippen LogP contribution in [0.25, 0.3) is 10.8 Å². The lowest BCUT2D eigenvalue weighted by Gasteiger charge is -2.28. The molecule has 0 radical (unpaired) electrons. The maximum absolute atomic E-state index is 10.4. The fourth-order valence-corrected chi connectivity index (χ4v) is 1.84. The normalized spacial score (nSPS) is 15.3. The second kappa shape index (κ2) is 3.91. The van der Waals surface area contributed by atoms with Gasteiger partial charge in [-0.15, -0.1) is 0 Å². The highest BCUT2D eigenvalue weighted by molar-refractivity contribution is 5.83. The predicted octanol–water partition coefficient (Wildman–Crippen LogP) is 3.70. The third kappa shape index (κ3) is 1.83. The Balaban J connectivity index is 2.55. The first-order valence-electron chi connectivity index (χ1n) is 5.73. The molecule has 0 amide bonds. The Morgan fingerprint density at radius 3 is 2.25 bits per heavy atom. The zero-order chi connectivity index (χ0) is 11.8. The van der Waals surface area contributed by atoms with E-state index < -0.39 is 5.60 Å². The van der Waals surface area contributed by atoms with Crippen molar-refractivity contribution in [3.05, 3.63) is 48.0 Å². The minimum absolute atomic E-state index is 0.202. The molecule has 16 heavy (non-hydrogen) atoms. The van der Waals surface area contributed by atoms with E-state index in [-0.39, 0.29) is 5.92 Å². The monoisotopic (exact) mass is 214 g/mol. The number of fused-ring (bicyclic) bond motifs is 1. The molecule has 1 N–H and O–H groups in total. The lowest BCUT2D eigenvalue weighted by molar-refractivity contribution is 0.00918. The zero-order valence-electron chi connectivity index (χ0n) is 10.1. The smallest absolute Gasteiger partial charge is 0.0891 e. The van der Waals surface area contributed by atoms with Crippen LogP contribution in [0.1, 0.15) is 26.3 Å². The zero-order valence-corrected chi connectivity index (χ0v) is 10.1. The van der Waals surface area contributed by atoms with E-state index >= 15 is 0 Å². The van der Waals surface area contributed by atoms with E-state index in [1.165, 1.54) is 10.8 Å². The van der Waals surface area contributed by atoms with Crippen LogP contribution in [0.3, 0.4) is 0 Å². The quantitative estimate of drug-likeness (QED) is 0.808. The van der Waals surface area contributed by atoms with Crippen LogP contribution in [-0.4, -0.2) is 5.11 Å². The molecule has 0 saturated heterocycles. The van der Waals surface area contributed by atoms with Gasteiger partial charge in [-0.3, -0.25) is 0 Å². The minimum Gasteiger partial charge on any atom is -0.385 e. The molecular weight excluding hydrogens is 196 g/mol. The molecule has 0 bridgehead atoms. The Labute approximate surface area is 96.7 Å². The highest BCUT2D eigenvalue weighted by Crippen LogP contribution is 2.30. The molecule has 2 rings (SSSR count). The van der Waals surface area contributed by atoms with Gasteiger partial charge in [-0.1, -0.05) is 50.2 Å². The lowest BCUT2D eigenvalue weighted by atomic mass is 9.84. The van der Waals surface area contributed by atoms with Crippen molar-refractivity contribution in [3.63, 3.8) is 0 Å². The molecule has 1 heteroatoms. The Morgan fingerprint density at radius 2 is 1.62 bits per heavy atom. The molecule has 2 aromatic rings. The van der Waals surface area contributed by atoms with E-state index in [4.69, 9.17) is 0 Å². The van der Waals surface area contributed by atoms with E-state index in [0.717, 1.165) is 5.56 Å². The van der Waals surface area contributed by atoms with Gasteiger partial charge in [0.1, 0.15) is 0 Å². The van der Waals surface area contributed by atoms with E-state index in [1.807, 2.05) is 39.0 Å². The molecule has 0 spiro atoms. The first-order valence-corrected chi connectivity index (χ1v) is 5.73. The van der Waals surface area contributed by atoms with Crippen LogP contribution >= 0.6 is 0 Å². The van der Waals surface area contributed by atoms with Crippen LogP contribution in [0, 0.1) is 5.92 Å². The summed E-state index contributed by atoms with van der Waals surface area (Å²) in [7, 11) is 0. The standard InChI is InChI=1S/C15H18O/c1-11(2)15(3,16)14-9-8-12-6-4-5-7-13(12)10-14/h4-11,16H,1-3H3/t15-/m0/s1. The highest BCUT2D eigenvalue weighted by Gasteiger charge is 2.27. The number of aliphatic hydroxyl groups is 1. The van der Waals surface area contributed by atoms with Crippen molar-refractivity contribution in [2.75, 3.05) is 0 Å². The van der Waals surface area contributed by atoms with Gasteiger partial charge in [-0.25, -0.2) is 0 Å². The second-order valence-corrected chi connectivity index (χ2v) is 4.86. The molecule has 0 aliphatic carbocycles. The molecule has 0 fully saturated rings. The summed E-state index contributed by atoms with van der Waals surface area (Å²) in [5.74, 6) is 0.202. The highest BCUT2D eigenvalue weighted by atomic mass is 16.3. The summed E-state index contributed by atoms with van der Waals surface area (Å²) in [6.45, 7) is 5.95. The maximum Gasteiger partial charge on any atom is 0.0891 e. The van der Waals surface area contributed by atoms with Gasteiger partial charge in [0, 0.05) is 0 Å². The molecule has 0 aliphatic heterocycles. The van der Waals surface area contributed by atoms with Crippen molar-refractivity contribution in [3.8, 4) is 0 Å². The topological polar surface area (TPSA) is 20.2 Å². The lowest BCUT2D eigenvalue weighted by Crippen LogP contribution is -2.27. The van der Waals surface area contributed by atoms with Crippen LogP contribution in [0.4, 0.5) is 0 Å². The van der Waals surface area contributed by atoms with Crippen LogP contribution < -0.4 is 0 Å². The Bertz CT molecular complexity index is 498. The van der Waals surface area contributed by atoms with Crippen molar-refractivity contribution in [2.24, 2.45) is 5.92 Å². The number of hydrogen-bond acceptors (Lipinski definition) is 1. The third-order valence-corrected chi connectivity index (χ3v) is 3.46. The van der Waals surface area contributed by atoms with E-state index in [2.05, 4.69) is 24.3 Å². The fourth-order valence-electron chi connectivity index (χ4n) is 1.84. The summed E-state index contributed by atoms with van der Waals surface area (Å²) < 4.78 is 0. The summed E-state index contributed by atoms with van der Waals surface area (Å²) >= 11 is 0. The van der Waals surface area contributed by atoms with Gasteiger partial charge >= 0.3 is 0 Å². The van der Waals surface area contributed by atoms with Crippen molar-refractivity contribution < 1.29 is 5.11 Å². The van der Waals surface area contributed by atoms with Crippen molar-refractivity contribution >= 4 is 10.8 Å². The molecule has 1 atom stereocenters. The summed E-state index contributed by atoms with van der Waals surface area (Å²) in [4.78, 5) is 0. The molecule has 2 aromatic carbocycles. The van der Waals surface area contributed by atoms with Crippen molar-refractivity contribution in [2.45, 2.75) is 26.4 Å². The molecule has 84 valence electrons. The Morgan fingerprint density at radius 1 is 1.00 bits per heavy atom. The first-order chi connectivity index (χ1) is 7.51. The van der Waals surface area contributed by atoms with Crippen LogP contribution in [0.15, 0.2) is 42.5 Å². The summed E-state index contributed by atoms with van der Waals surface area (Å²) in [6, 6.07) is 14.4. The molecule has 0 saturated carbocycles. The fraction of sp³-hybridized carbons (Fsp3) is 0.333. The average Bonchev–Trinajstić information content (AvgIpc) is 2.28. The van der Waals surface area contributed by atoms with Gasteiger partial charge in [0.25, 0.3) is 0 Å². The molecule has 0 aromatic heterocycles. The van der Waals surface area contributed by atoms with Gasteiger partial charge < -0.3 is 5.11 Å². The largest absolute Gasteiger partial charge is 0.385 e. The van der Waals surface area contributed by atoms with Gasteiger partial charge in [-0.2, -0.15) is 0 Å². The van der Waals surface area contributed by atoms with Gasteiger partial charge in [0.15, 0.2) is 0 Å². The number of hydrogen-bond donors (Lipinski definition) is 1. The third-order valence-electron chi connectivity index (χ3n) is 3.46. The molecular formula is C15H18O. The van der Waals surface area contributed by atoms with Crippen LogP contribution in [0.5, 0.6) is 0 Å². The molecule has 0 unspecified atom stereocenters. The second-order valence-electron chi connectivity index (χ2n) is 4.86. The number of benzene rings is 2. The van der Waals surface area contributed by atoms with Crippen LogP contribution in [-0.2, 0) is 5.60 Å². The average molecular weight is 214 g/mol. The maximum atomic E-state index is 10.4. The Hall–Kier alpha value is -1.34. The predicted molar refractivity (Wildman–Crippen MR) is 68.4 cm³/mol. The van der Waals surface area contributed by atoms with E-state index in [0.29, 0.717) is 0 Å². The van der Waals surface area contributed by atoms with Gasteiger partial charge in [0.2, 0.25) is 0 Å². The van der Waals surface area contributed by atoms with Crippen molar-refractivity contribution in [1.29, 1.82) is 0 Å². The molecule has 0 aliphatic rings. The van der Waals surface area contributed by atoms with Gasteiger partial charge in [0.05, 0.1) is 5.60 Å². The van der Waals surface area contributed by atoms with Crippen LogP contribution in [0.2, 0.25) is 0 Å². The SMILES string of the molecule is CC(C)[C@](C)(O)c1ccc2ccccc2c1. The molecule has 0 heterocycles. The summed E-state index contributed by atoms with van der Waals surface area (Å²) in [5, 5.41) is 12.8. The van der Waals surface area contributed by atoms with Gasteiger partial charge in [-0.05, 0) is 35.2 Å². The van der Waals surface area contributed by atoms with E-state index in [1.54, 1.807) is 0 Å². The number of rotatable bonds is 2. The van der Waals surface area contributed by atoms with Crippen molar-refractivity contribution in [1.82, 2.24) is 0 Å².